The summed E-state index contributed by atoms with van der Waals surface area (Å²) < 4.78 is 0. The highest BCUT2D eigenvalue weighted by molar-refractivity contribution is 3.24. The van der Waals surface area contributed by atoms with Crippen LogP contribution in [0.5, 0.6) is 0 Å². The largest absolute Gasteiger partial charge is 0.269 e. The van der Waals surface area contributed by atoms with Gasteiger partial charge in [-0.25, -0.2) is 0 Å². The van der Waals surface area contributed by atoms with Crippen LogP contribution in [0.3, 0.4) is 0 Å². The van der Waals surface area contributed by atoms with Gasteiger partial charge in [0.15, 0.2) is 0 Å². The Kier molecular flexibility index (Phi) is 163000. The highest BCUT2D eigenvalue weighted by Crippen LogP contribution is 0.427. The van der Waals surface area contributed by atoms with Crippen LogP contribution in [0, 0.1) is 7.43 Å². The zero-order valence-electron chi connectivity index (χ0n) is 3.77. The quantitative estimate of drug-likeness (QED) is 0.483. The van der Waals surface area contributed by atoms with Crippen molar-refractivity contribution in [3.63, 3.8) is 0 Å². The summed E-state index contributed by atoms with van der Waals surface area (Å²) in [4.78, 5) is 0. The molecule has 0 atom stereocenters. The lowest BCUT2D eigenvalue weighted by atomic mass is 12.0. The van der Waals surface area contributed by atoms with Crippen LogP contribution in [0.15, 0.2) is 0 Å². The third-order valence-corrected chi connectivity index (χ3v) is 0. The van der Waals surface area contributed by atoms with Gasteiger partial charge in [-0.05, 0) is 0 Å². The van der Waals surface area contributed by atoms with Crippen LogP contribution >= 0.6 is 0 Å². The van der Waals surface area contributed by atoms with Gasteiger partial charge in [0.1, 0.15) is 0 Å². The monoisotopic (exact) mass is 172 g/mol. The van der Waals surface area contributed by atoms with Gasteiger partial charge < -0.3 is 0 Å². The Morgan fingerprint density at radius 3 is 0.222 bits per heavy atom. The van der Waals surface area contributed by atoms with Gasteiger partial charge in [-0.2, -0.15) is 0 Å². The van der Waals surface area contributed by atoms with Crippen molar-refractivity contribution < 1.29 is 37.6 Å². The summed E-state index contributed by atoms with van der Waals surface area (Å²) in [6.07, 6.45) is 0. The molecule has 0 rings (SSSR count). The van der Waals surface area contributed by atoms with E-state index in [2.05, 4.69) is 0 Å². The van der Waals surface area contributed by atoms with Crippen molar-refractivity contribution in [3.8, 4) is 0 Å². The fourth-order valence-electron chi connectivity index (χ4n) is 0. The molecule has 0 aromatic carbocycles. The molecule has 0 bridgehead atoms. The van der Waals surface area contributed by atoms with E-state index in [0.717, 1.165) is 0 Å². The molecule has 4 radical (unpaired) electrons. The number of hydrogen-bond acceptors (Lipinski definition) is 0. The molecule has 0 heterocycles. The minimum absolute atomic E-state index is 0. The normalized spacial score (nSPS) is 0. The molecule has 0 aromatic rings. The molecule has 8 heteroatoms. The predicted octanol–water partition coefficient (Wildman–Crippen LogP) is 1.30. The molecule has 0 aliphatic carbocycles. The Labute approximate surface area is 46.6 Å². The first-order valence-electron chi connectivity index (χ1n) is 0. The zero-order chi connectivity index (χ0) is 0. The Bertz CT molecular complexity index is 4.53. The van der Waals surface area contributed by atoms with Crippen LogP contribution in [0.1, 0.15) is 0 Å². The van der Waals surface area contributed by atoms with Gasteiger partial charge in [0, 0.05) is 7.43 Å². The van der Waals surface area contributed by atoms with Crippen molar-refractivity contribution in [2.45, 2.75) is 0 Å². The van der Waals surface area contributed by atoms with Gasteiger partial charge in [-0.1, -0.05) is 0 Å². The van der Waals surface area contributed by atoms with E-state index >= 15 is 0 Å². The van der Waals surface area contributed by atoms with Gasteiger partial charge in [-0.3, -0.25) is 37.6 Å². The van der Waals surface area contributed by atoms with E-state index in [1.807, 2.05) is 0 Å². The molecule has 0 nitrogen and oxygen atoms in total. The molecule has 0 fully saturated rings. The Hall–Kier alpha value is -0.560. The second-order valence-corrected chi connectivity index (χ2v) is 0. The van der Waals surface area contributed by atoms with Crippen LogP contribution < -0.4 is 0 Å². The molecule has 0 aliphatic heterocycles. The topological polar surface area (TPSA) is 0 Å². The van der Waals surface area contributed by atoms with Crippen molar-refractivity contribution in [3.05, 3.63) is 7.43 Å². The first-order valence-corrected chi connectivity index (χ1v) is 0. The molecule has 0 aromatic heterocycles. The predicted molar refractivity (Wildman–Crippen MR) is 23.3 cm³/mol. The van der Waals surface area contributed by atoms with Crippen molar-refractivity contribution >= 4 is 0 Å². The molecule has 0 N–H and O–H groups in total. The van der Waals surface area contributed by atoms with Crippen LogP contribution in [-0.4, -0.2) is 0 Å². The third-order valence-electron chi connectivity index (χ3n) is 0. The lowest BCUT2D eigenvalue weighted by molar-refractivity contribution is 1.11. The van der Waals surface area contributed by atoms with Crippen molar-refractivity contribution in [2.24, 2.45) is 0 Å². The summed E-state index contributed by atoms with van der Waals surface area (Å²) >= 11 is 0. The first kappa shape index (κ1) is 1490. The molecule has 9 heavy (non-hydrogen) atoms. The average Bonchev–Trinajstić information content (AvgIpc) is 0. The third kappa shape index (κ3) is 702. The summed E-state index contributed by atoms with van der Waals surface area (Å²) in [5, 5.41) is 0. The second-order valence-electron chi connectivity index (χ2n) is 0. The van der Waals surface area contributed by atoms with Gasteiger partial charge in [0.05, 0.1) is 0 Å². The van der Waals surface area contributed by atoms with E-state index in [1.54, 1.807) is 0 Å². The van der Waals surface area contributed by atoms with Crippen molar-refractivity contribution in [1.29, 1.82) is 0 Å². The van der Waals surface area contributed by atoms with E-state index in [9.17, 15) is 0 Å². The maximum absolute atomic E-state index is 0. The molecule has 68 valence electrons. The molecule has 0 aliphatic rings. The van der Waals surface area contributed by atoms with E-state index in [-0.39, 0.29) is 45.1 Å². The summed E-state index contributed by atoms with van der Waals surface area (Å²) in [5.74, 6) is 0. The minimum atomic E-state index is 0. The lowest BCUT2D eigenvalue weighted by Gasteiger charge is -0.270. The smallest absolute Gasteiger partial charge is 0 e. The van der Waals surface area contributed by atoms with E-state index in [1.165, 1.54) is 0 Å². The Morgan fingerprint density at radius 1 is 0.222 bits per heavy atom. The Balaban J connectivity index is 0. The average molecular weight is 172 g/mol. The fraction of sp³-hybridized carbons (Fsp3) is 0. The van der Waals surface area contributed by atoms with Crippen LogP contribution in [0.4, 0.5) is 37.6 Å². The van der Waals surface area contributed by atoms with Crippen molar-refractivity contribution in [2.75, 3.05) is 0 Å². The summed E-state index contributed by atoms with van der Waals surface area (Å²) in [7, 11) is 0. The minimum Gasteiger partial charge on any atom is -0.269 e. The second kappa shape index (κ2) is 984. The molecule has 0 saturated heterocycles. The lowest BCUT2D eigenvalue weighted by Crippen LogP contribution is 0.0813. The Morgan fingerprint density at radius 2 is 0.222 bits per heavy atom. The summed E-state index contributed by atoms with van der Waals surface area (Å²) in [6.45, 7) is 0. The van der Waals surface area contributed by atoms with Gasteiger partial charge in [0.25, 0.3) is 0 Å². The zero-order valence-corrected chi connectivity index (χ0v) is 3.77. The van der Waals surface area contributed by atoms with Crippen molar-refractivity contribution in [1.82, 2.24) is 0 Å². The van der Waals surface area contributed by atoms with Crippen LogP contribution in [-0.2, 0) is 0 Å². The molecule has 0 unspecified atom stereocenters. The molecule has 0 amide bonds. The highest BCUT2D eigenvalue weighted by Gasteiger charge is 0.0000306. The molecular weight excluding hydrogens is 164 g/mol. The van der Waals surface area contributed by atoms with E-state index < -0.39 is 0 Å². The summed E-state index contributed by atoms with van der Waals surface area (Å²) in [5.41, 5.74) is 0. The maximum atomic E-state index is 0. The number of rotatable bonds is 0. The highest BCUT2D eigenvalue weighted by atomic mass is 19.0. The molecular formula is CH8F8. The maximum Gasteiger partial charge on any atom is 0 e. The van der Waals surface area contributed by atoms with Crippen LogP contribution in [0.25, 0.3) is 0 Å². The first-order chi connectivity index (χ1) is 0. The standard InChI is InChI=1S/C.8FH/h;8*1H. The SMILES string of the molecule is F.F.F.F.F.F.F.F.[C]. The summed E-state index contributed by atoms with van der Waals surface area (Å²) in [6, 6.07) is 0. The molecule has 0 spiro atoms. The number of halogens is 8. The number of hydrogen-bond donors (Lipinski definition) is 0. The van der Waals surface area contributed by atoms with Gasteiger partial charge in [0.2, 0.25) is 0 Å². The van der Waals surface area contributed by atoms with Crippen LogP contribution in [0.2, 0.25) is 0 Å². The molecule has 0 saturated carbocycles. The van der Waals surface area contributed by atoms with Gasteiger partial charge in [-0.15, -0.1) is 0 Å². The van der Waals surface area contributed by atoms with Gasteiger partial charge >= 0.3 is 0 Å². The van der Waals surface area contributed by atoms with E-state index in [4.69, 9.17) is 0 Å². The van der Waals surface area contributed by atoms with E-state index in [0.29, 0.717) is 0 Å². The fourth-order valence-corrected chi connectivity index (χ4v) is 0.